The molecule has 0 atom stereocenters. The Kier molecular flexibility index (Phi) is 1.50. The van der Waals surface area contributed by atoms with Crippen LogP contribution in [0, 0.1) is 0 Å². The zero-order chi connectivity index (χ0) is 9.38. The molecular weight excluding hydrogens is 174 g/mol. The maximum absolute atomic E-state index is 4.34. The summed E-state index contributed by atoms with van der Waals surface area (Å²) in [6, 6.07) is 8.27. The third kappa shape index (κ3) is 0.988. The molecule has 0 saturated heterocycles. The topological polar surface area (TPSA) is 30.2 Å². The van der Waals surface area contributed by atoms with E-state index in [2.05, 4.69) is 26.7 Å². The van der Waals surface area contributed by atoms with E-state index >= 15 is 0 Å². The molecule has 68 valence electrons. The molecule has 0 saturated carbocycles. The van der Waals surface area contributed by atoms with Crippen LogP contribution in [0.1, 0.15) is 11.3 Å². The van der Waals surface area contributed by atoms with Crippen molar-refractivity contribution in [2.24, 2.45) is 4.99 Å². The van der Waals surface area contributed by atoms with Crippen molar-refractivity contribution in [3.8, 4) is 5.69 Å². The van der Waals surface area contributed by atoms with Crippen molar-refractivity contribution in [1.29, 1.82) is 0 Å². The predicted molar refractivity (Wildman–Crippen MR) is 54.9 cm³/mol. The van der Waals surface area contributed by atoms with Crippen molar-refractivity contribution >= 4 is 6.21 Å². The van der Waals surface area contributed by atoms with Crippen LogP contribution in [0.4, 0.5) is 0 Å². The molecule has 1 aliphatic heterocycles. The third-order valence-electron chi connectivity index (χ3n) is 2.40. The molecule has 2 aromatic rings. The molecule has 0 bridgehead atoms. The van der Waals surface area contributed by atoms with E-state index in [0.717, 1.165) is 12.2 Å². The second kappa shape index (κ2) is 2.80. The number of para-hydroxylation sites is 1. The van der Waals surface area contributed by atoms with Gasteiger partial charge in [-0.2, -0.15) is 0 Å². The number of hydrogen-bond donors (Lipinski definition) is 0. The molecule has 0 fully saturated rings. The van der Waals surface area contributed by atoms with Crippen LogP contribution in [0.2, 0.25) is 0 Å². The maximum atomic E-state index is 4.34. The standard InChI is InChI=1S/C11H9N3/c1-2-4-11-9(3-1)5-12-6-10-7-13-8-14(10)11/h1-4,6-8H,5H2. The van der Waals surface area contributed by atoms with E-state index in [9.17, 15) is 0 Å². The molecule has 0 N–H and O–H groups in total. The maximum Gasteiger partial charge on any atom is 0.0997 e. The van der Waals surface area contributed by atoms with E-state index in [1.165, 1.54) is 11.3 Å². The van der Waals surface area contributed by atoms with Crippen molar-refractivity contribution in [3.63, 3.8) is 0 Å². The Labute approximate surface area is 81.7 Å². The molecule has 3 nitrogen and oxygen atoms in total. The summed E-state index contributed by atoms with van der Waals surface area (Å²) in [7, 11) is 0. The van der Waals surface area contributed by atoms with Crippen LogP contribution in [-0.4, -0.2) is 15.8 Å². The first-order chi connectivity index (χ1) is 6.95. The number of rotatable bonds is 0. The van der Waals surface area contributed by atoms with E-state index in [1.54, 1.807) is 0 Å². The Bertz CT molecular complexity index is 497. The number of nitrogens with zero attached hydrogens (tertiary/aromatic N) is 3. The average molecular weight is 183 g/mol. The highest BCUT2D eigenvalue weighted by molar-refractivity contribution is 5.79. The molecule has 0 amide bonds. The molecule has 1 aliphatic rings. The molecule has 0 spiro atoms. The van der Waals surface area contributed by atoms with Gasteiger partial charge in [-0.15, -0.1) is 0 Å². The number of aromatic nitrogens is 2. The molecule has 1 aromatic heterocycles. The lowest BCUT2D eigenvalue weighted by Crippen LogP contribution is -1.98. The molecule has 0 unspecified atom stereocenters. The summed E-state index contributed by atoms with van der Waals surface area (Å²) in [5.41, 5.74) is 3.45. The second-order valence-corrected chi connectivity index (χ2v) is 3.29. The number of aliphatic imine (C=N–C) groups is 1. The van der Waals surface area contributed by atoms with Crippen LogP contribution in [0.3, 0.4) is 0 Å². The van der Waals surface area contributed by atoms with Gasteiger partial charge in [0.25, 0.3) is 0 Å². The summed E-state index contributed by atoms with van der Waals surface area (Å²) in [5.74, 6) is 0. The number of benzene rings is 1. The van der Waals surface area contributed by atoms with Crippen LogP contribution < -0.4 is 0 Å². The van der Waals surface area contributed by atoms with Crippen LogP contribution >= 0.6 is 0 Å². The Morgan fingerprint density at radius 2 is 2.14 bits per heavy atom. The molecular formula is C11H9N3. The molecule has 2 heterocycles. The summed E-state index contributed by atoms with van der Waals surface area (Å²) in [6.45, 7) is 0.748. The first-order valence-electron chi connectivity index (χ1n) is 4.55. The highest BCUT2D eigenvalue weighted by Crippen LogP contribution is 2.19. The fourth-order valence-corrected chi connectivity index (χ4v) is 1.72. The fraction of sp³-hybridized carbons (Fsp3) is 0.0909. The Morgan fingerprint density at radius 3 is 3.14 bits per heavy atom. The Morgan fingerprint density at radius 1 is 1.21 bits per heavy atom. The summed E-state index contributed by atoms with van der Waals surface area (Å²) in [5, 5.41) is 0. The average Bonchev–Trinajstić information content (AvgIpc) is 2.61. The normalized spacial score (nSPS) is 13.1. The van der Waals surface area contributed by atoms with Gasteiger partial charge in [0.15, 0.2) is 0 Å². The minimum atomic E-state index is 0.748. The Balaban J connectivity index is 2.33. The van der Waals surface area contributed by atoms with Crippen LogP contribution in [0.5, 0.6) is 0 Å². The van der Waals surface area contributed by atoms with Gasteiger partial charge in [-0.1, -0.05) is 18.2 Å². The van der Waals surface area contributed by atoms with Gasteiger partial charge in [0.05, 0.1) is 30.5 Å². The number of fused-ring (bicyclic) bond motifs is 3. The fourth-order valence-electron chi connectivity index (χ4n) is 1.72. The van der Waals surface area contributed by atoms with E-state index in [1.807, 2.05) is 30.9 Å². The minimum Gasteiger partial charge on any atom is -0.298 e. The zero-order valence-corrected chi connectivity index (χ0v) is 7.59. The second-order valence-electron chi connectivity index (χ2n) is 3.29. The summed E-state index contributed by atoms with van der Waals surface area (Å²) >= 11 is 0. The Hall–Kier alpha value is -1.90. The van der Waals surface area contributed by atoms with E-state index in [0.29, 0.717) is 0 Å². The lowest BCUT2D eigenvalue weighted by molar-refractivity contribution is 1.01. The zero-order valence-electron chi connectivity index (χ0n) is 7.59. The SMILES string of the molecule is C1=NCc2ccccc2-n2cncc21. The van der Waals surface area contributed by atoms with Gasteiger partial charge < -0.3 is 0 Å². The third-order valence-corrected chi connectivity index (χ3v) is 2.40. The van der Waals surface area contributed by atoms with Gasteiger partial charge in [0.1, 0.15) is 0 Å². The van der Waals surface area contributed by atoms with Crippen molar-refractivity contribution in [3.05, 3.63) is 48.0 Å². The van der Waals surface area contributed by atoms with Gasteiger partial charge in [-0.25, -0.2) is 4.98 Å². The largest absolute Gasteiger partial charge is 0.298 e. The predicted octanol–water partition coefficient (Wildman–Crippen LogP) is 1.80. The summed E-state index contributed by atoms with van der Waals surface area (Å²) in [4.78, 5) is 8.46. The van der Waals surface area contributed by atoms with Crippen LogP contribution in [0.25, 0.3) is 5.69 Å². The molecule has 3 rings (SSSR count). The molecule has 1 aromatic carbocycles. The molecule has 0 radical (unpaired) electrons. The van der Waals surface area contributed by atoms with Gasteiger partial charge in [-0.3, -0.25) is 9.56 Å². The van der Waals surface area contributed by atoms with Gasteiger partial charge in [-0.05, 0) is 11.6 Å². The van der Waals surface area contributed by atoms with E-state index in [4.69, 9.17) is 0 Å². The highest BCUT2D eigenvalue weighted by atomic mass is 15.1. The smallest absolute Gasteiger partial charge is 0.0997 e. The quantitative estimate of drug-likeness (QED) is 0.612. The summed E-state index contributed by atoms with van der Waals surface area (Å²) < 4.78 is 2.06. The monoisotopic (exact) mass is 183 g/mol. The van der Waals surface area contributed by atoms with Crippen LogP contribution in [-0.2, 0) is 6.54 Å². The highest BCUT2D eigenvalue weighted by Gasteiger charge is 2.09. The number of hydrogen-bond acceptors (Lipinski definition) is 2. The number of imidazole rings is 1. The lowest BCUT2D eigenvalue weighted by atomic mass is 10.2. The van der Waals surface area contributed by atoms with Crippen molar-refractivity contribution in [2.45, 2.75) is 6.54 Å². The van der Waals surface area contributed by atoms with Gasteiger partial charge in [0, 0.05) is 6.21 Å². The van der Waals surface area contributed by atoms with Crippen LogP contribution in [0.15, 0.2) is 41.8 Å². The molecule has 0 aliphatic carbocycles. The van der Waals surface area contributed by atoms with Crippen molar-refractivity contribution in [1.82, 2.24) is 9.55 Å². The van der Waals surface area contributed by atoms with Gasteiger partial charge >= 0.3 is 0 Å². The minimum absolute atomic E-state index is 0.748. The van der Waals surface area contributed by atoms with E-state index < -0.39 is 0 Å². The molecule has 3 heteroatoms. The van der Waals surface area contributed by atoms with Crippen molar-refractivity contribution in [2.75, 3.05) is 0 Å². The first-order valence-corrected chi connectivity index (χ1v) is 4.55. The molecule has 14 heavy (non-hydrogen) atoms. The first kappa shape index (κ1) is 7.50. The van der Waals surface area contributed by atoms with E-state index in [-0.39, 0.29) is 0 Å². The van der Waals surface area contributed by atoms with Gasteiger partial charge in [0.2, 0.25) is 0 Å². The van der Waals surface area contributed by atoms with Crippen molar-refractivity contribution < 1.29 is 0 Å². The lowest BCUT2D eigenvalue weighted by Gasteiger charge is -2.06. The summed E-state index contributed by atoms with van der Waals surface area (Å²) in [6.07, 6.45) is 5.52.